The number of unbranched alkanes of at least 4 members (excludes halogenated alkanes) is 8. The fraction of sp³-hybridized carbons (Fsp3) is 0.556. The molecule has 0 fully saturated rings. The summed E-state index contributed by atoms with van der Waals surface area (Å²) in [5.41, 5.74) is 3.00. The number of hydrogen-bond acceptors (Lipinski definition) is 3. The Morgan fingerprint density at radius 1 is 0.574 bits per heavy atom. The second-order valence-corrected chi connectivity index (χ2v) is 67.6. The minimum absolute atomic E-state index is 0.365. The molecule has 2 aromatic carbocycles. The Bertz CT molecular complexity index is 1940. The van der Waals surface area contributed by atoms with Crippen molar-refractivity contribution in [1.82, 2.24) is 0 Å². The van der Waals surface area contributed by atoms with Crippen LogP contribution in [0.15, 0.2) is 30.3 Å². The number of hydrogen-bond donors (Lipinski definition) is 0. The summed E-state index contributed by atoms with van der Waals surface area (Å²) in [6.45, 7) is 4.59. The van der Waals surface area contributed by atoms with E-state index >= 15 is 8.78 Å². The van der Waals surface area contributed by atoms with Gasteiger partial charge in [-0.1, -0.05) is 52.4 Å². The zero-order valence-electron chi connectivity index (χ0n) is 35.0. The van der Waals surface area contributed by atoms with E-state index in [1.165, 1.54) is 113 Å². The molecule has 0 N–H and O–H groups in total. The zero-order chi connectivity index (χ0) is 39.6. The van der Waals surface area contributed by atoms with Crippen molar-refractivity contribution in [3.05, 3.63) is 51.9 Å². The normalized spacial score (nSPS) is 13.5. The van der Waals surface area contributed by atoms with Gasteiger partial charge in [-0.3, -0.25) is 0 Å². The monoisotopic (exact) mass is 1130 g/mol. The first-order valence-electron chi connectivity index (χ1n) is 20.7. The summed E-state index contributed by atoms with van der Waals surface area (Å²) in [5.74, 6) is -0.0671. The van der Waals surface area contributed by atoms with Gasteiger partial charge in [-0.15, -0.1) is 0 Å². The van der Waals surface area contributed by atoms with Crippen LogP contribution in [0.25, 0.3) is 41.7 Å². The molecular weight excluding hydrogens is 1070 g/mol. The first-order chi connectivity index (χ1) is 25.3. The van der Waals surface area contributed by atoms with Crippen LogP contribution >= 0.6 is 45.6 Å². The van der Waals surface area contributed by atoms with Crippen LogP contribution in [0.5, 0.6) is 0 Å². The van der Waals surface area contributed by atoms with Crippen molar-refractivity contribution in [2.75, 3.05) is 0 Å². The summed E-state index contributed by atoms with van der Waals surface area (Å²) >= 11 is 4.86. The minimum atomic E-state index is -3.05. The van der Waals surface area contributed by atoms with E-state index in [-0.39, 0.29) is 11.6 Å². The van der Waals surface area contributed by atoms with E-state index in [9.17, 15) is 0 Å². The molecule has 0 aliphatic carbocycles. The van der Waals surface area contributed by atoms with Gasteiger partial charge in [0.1, 0.15) is 0 Å². The first-order valence-corrected chi connectivity index (χ1v) is 53.5. The van der Waals surface area contributed by atoms with Crippen molar-refractivity contribution in [2.45, 2.75) is 142 Å². The van der Waals surface area contributed by atoms with E-state index in [1.807, 2.05) is 34.0 Å². The molecule has 0 saturated carbocycles. The quantitative estimate of drug-likeness (QED) is 0.0571. The standard InChI is InChI=1S/C36H38ClF2S3.9CH3.3Sn/c1-3-5-7-9-10-12-14-24(13-11-8-6-4-2)19-31-30(37)23-32(42-31)34-29-16-18-40-35(29)33(28-15-17-41-36(28)34)25-20-26(38)22-27(39)21-25;;;;;;;;;;;;/h15-16,20-21,23-24H,3-14,19H2,1-2H3;9*1H3;;;. The number of benzene rings is 2. The maximum atomic E-state index is 16.1. The maximum absolute atomic E-state index is 16.1. The molecule has 0 aliphatic rings. The number of rotatable bonds is 19. The summed E-state index contributed by atoms with van der Waals surface area (Å²) in [4.78, 5) is 23.7. The van der Waals surface area contributed by atoms with Crippen molar-refractivity contribution < 1.29 is 8.78 Å². The molecule has 3 aromatic heterocycles. The fourth-order valence-corrected chi connectivity index (χ4v) is 26.9. The van der Waals surface area contributed by atoms with Gasteiger partial charge < -0.3 is 0 Å². The van der Waals surface area contributed by atoms with Gasteiger partial charge in [0.2, 0.25) is 0 Å². The van der Waals surface area contributed by atoms with Crippen molar-refractivity contribution in [3.8, 4) is 21.6 Å². The van der Waals surface area contributed by atoms with Gasteiger partial charge >= 0.3 is 308 Å². The zero-order valence-corrected chi connectivity index (χ0v) is 46.8. The third kappa shape index (κ3) is 11.0. The molecule has 1 atom stereocenters. The fourth-order valence-electron chi connectivity index (χ4n) is 7.83. The molecule has 9 heteroatoms. The van der Waals surface area contributed by atoms with Gasteiger partial charge in [0.05, 0.1) is 0 Å². The topological polar surface area (TPSA) is 0 Å². The van der Waals surface area contributed by atoms with Gasteiger partial charge in [0.25, 0.3) is 0 Å². The van der Waals surface area contributed by atoms with E-state index < -0.39 is 55.1 Å². The van der Waals surface area contributed by atoms with E-state index in [0.717, 1.165) is 22.4 Å². The number of thiophene rings is 3. The Labute approximate surface area is 355 Å². The van der Waals surface area contributed by atoms with Crippen LogP contribution in [0.4, 0.5) is 8.78 Å². The number of halogens is 3. The van der Waals surface area contributed by atoms with Crippen molar-refractivity contribution >= 4 is 130 Å². The van der Waals surface area contributed by atoms with Crippen LogP contribution in [0.2, 0.25) is 49.5 Å². The van der Waals surface area contributed by atoms with Gasteiger partial charge in [0.15, 0.2) is 0 Å². The van der Waals surface area contributed by atoms with Crippen molar-refractivity contribution in [1.29, 1.82) is 0 Å². The third-order valence-corrected chi connectivity index (χ3v) is 39.4. The molecule has 54 heavy (non-hydrogen) atoms. The second kappa shape index (κ2) is 19.3. The molecule has 0 radical (unpaired) electrons. The Balaban J connectivity index is 1.68. The van der Waals surface area contributed by atoms with E-state index in [1.54, 1.807) is 12.1 Å². The Morgan fingerprint density at radius 3 is 1.54 bits per heavy atom. The van der Waals surface area contributed by atoms with Gasteiger partial charge in [-0.25, -0.2) is 0 Å². The second-order valence-electron chi connectivity index (χ2n) is 18.9. The van der Waals surface area contributed by atoms with Crippen LogP contribution in [0.1, 0.15) is 95.8 Å². The molecule has 0 nitrogen and oxygen atoms in total. The van der Waals surface area contributed by atoms with Gasteiger partial charge in [-0.2, -0.15) is 0 Å². The molecule has 0 bridgehead atoms. The van der Waals surface area contributed by atoms with Gasteiger partial charge in [0, 0.05) is 0 Å². The van der Waals surface area contributed by atoms with Crippen LogP contribution < -0.4 is 9.37 Å². The summed E-state index contributed by atoms with van der Waals surface area (Å²) < 4.78 is 37.9. The Hall–Kier alpha value is 0.606. The van der Waals surface area contributed by atoms with Crippen LogP contribution in [-0.4, -0.2) is 55.1 Å². The summed E-state index contributed by atoms with van der Waals surface area (Å²) in [6, 6.07) is 10.5. The van der Waals surface area contributed by atoms with Gasteiger partial charge in [-0.05, 0) is 0 Å². The SMILES string of the molecule is CCCCCCCCC(CCCCCC)Cc1sc(-c2c3c[c]([Sn]([CH3])([CH3])[CH3])sc3c(-c3cc(F)[c]([Sn]([CH3])([CH3])[CH3])c(F)c3)c3c[c]([Sn]([CH3])([CH3])[CH3])sc23)cc1Cl. The van der Waals surface area contributed by atoms with Crippen LogP contribution in [0, 0.1) is 17.6 Å². The van der Waals surface area contributed by atoms with Crippen molar-refractivity contribution in [2.24, 2.45) is 5.92 Å². The predicted molar refractivity (Wildman–Crippen MR) is 254 cm³/mol. The number of fused-ring (bicyclic) bond motifs is 2. The third-order valence-electron chi connectivity index (χ3n) is 10.9. The van der Waals surface area contributed by atoms with Crippen molar-refractivity contribution in [3.63, 3.8) is 0 Å². The molecule has 0 amide bonds. The molecule has 3 heterocycles. The van der Waals surface area contributed by atoms with E-state index in [0.29, 0.717) is 15.1 Å². The molecule has 0 saturated heterocycles. The summed E-state index contributed by atoms with van der Waals surface area (Å²) in [7, 11) is 0. The summed E-state index contributed by atoms with van der Waals surface area (Å²) in [6.07, 6.45) is 16.9. The predicted octanol–water partition coefficient (Wildman–Crippen LogP) is 16.0. The molecule has 1 unspecified atom stereocenters. The molecule has 0 spiro atoms. The Morgan fingerprint density at radius 2 is 1.04 bits per heavy atom. The average molecular weight is 1130 g/mol. The molecular formula is C45H65ClF2S3Sn3. The molecule has 5 aromatic rings. The Kier molecular flexibility index (Phi) is 16.4. The first kappa shape index (κ1) is 45.7. The molecule has 296 valence electrons. The summed E-state index contributed by atoms with van der Waals surface area (Å²) in [5, 5.41) is 3.32. The molecule has 5 rings (SSSR count). The van der Waals surface area contributed by atoms with Crippen LogP contribution in [0.3, 0.4) is 0 Å². The van der Waals surface area contributed by atoms with E-state index in [4.69, 9.17) is 11.6 Å². The average Bonchev–Trinajstić information content (AvgIpc) is 3.79. The van der Waals surface area contributed by atoms with E-state index in [2.05, 4.69) is 76.5 Å². The van der Waals surface area contributed by atoms with Crippen LogP contribution in [-0.2, 0) is 6.42 Å². The molecule has 0 aliphatic heterocycles.